The van der Waals surface area contributed by atoms with Crippen molar-refractivity contribution in [3.63, 3.8) is 0 Å². The number of hydrogen-bond donors (Lipinski definition) is 2. The number of nitrogens with one attached hydrogen (secondary N) is 1. The summed E-state index contributed by atoms with van der Waals surface area (Å²) < 4.78 is 52.5. The van der Waals surface area contributed by atoms with Gasteiger partial charge in [-0.15, -0.1) is 0 Å². The number of anilines is 1. The summed E-state index contributed by atoms with van der Waals surface area (Å²) in [4.78, 5) is 23.4. The second kappa shape index (κ2) is 11.8. The fourth-order valence-electron chi connectivity index (χ4n) is 4.91. The maximum atomic E-state index is 13.7. The highest BCUT2D eigenvalue weighted by Crippen LogP contribution is 2.38. The molecule has 0 radical (unpaired) electrons. The number of benzene rings is 2. The first kappa shape index (κ1) is 27.5. The Morgan fingerprint density at radius 1 is 1.11 bits per heavy atom. The summed E-state index contributed by atoms with van der Waals surface area (Å²) in [5.74, 6) is -0.607. The van der Waals surface area contributed by atoms with E-state index in [1.54, 1.807) is 0 Å². The highest BCUT2D eigenvalue weighted by atomic mass is 19.4. The number of amides is 1. The molecule has 1 aliphatic rings. The summed E-state index contributed by atoms with van der Waals surface area (Å²) >= 11 is 0. The molecular formula is C27H32F3NO5. The van der Waals surface area contributed by atoms with Gasteiger partial charge < -0.3 is 19.9 Å². The molecule has 0 aromatic heterocycles. The summed E-state index contributed by atoms with van der Waals surface area (Å²) in [6.07, 6.45) is -1.87. The zero-order valence-electron chi connectivity index (χ0n) is 20.6. The number of carboxylic acids is 1. The molecule has 0 aliphatic heterocycles. The average molecular weight is 508 g/mol. The lowest BCUT2D eigenvalue weighted by molar-refractivity contribution is -0.137. The minimum absolute atomic E-state index is 0.0325. The van der Waals surface area contributed by atoms with Crippen molar-refractivity contribution in [1.82, 2.24) is 0 Å². The van der Waals surface area contributed by atoms with Gasteiger partial charge in [-0.05, 0) is 60.1 Å². The van der Waals surface area contributed by atoms with E-state index in [9.17, 15) is 22.8 Å². The minimum Gasteiger partial charge on any atom is -0.489 e. The van der Waals surface area contributed by atoms with Crippen LogP contribution in [0.15, 0.2) is 42.5 Å². The van der Waals surface area contributed by atoms with Gasteiger partial charge in [0.1, 0.15) is 19.0 Å². The van der Waals surface area contributed by atoms with Crippen LogP contribution in [-0.4, -0.2) is 29.7 Å². The van der Waals surface area contributed by atoms with Crippen LogP contribution >= 0.6 is 0 Å². The molecule has 1 saturated carbocycles. The molecule has 3 rings (SSSR count). The van der Waals surface area contributed by atoms with Crippen LogP contribution in [0.3, 0.4) is 0 Å². The molecule has 36 heavy (non-hydrogen) atoms. The molecule has 1 amide bonds. The molecular weight excluding hydrogens is 475 g/mol. The molecule has 196 valence electrons. The Labute approximate surface area is 208 Å². The SMILES string of the molecule is CC(C)C1C(C)CCCC1OCC(=O)Nc1ccc(OCc2ccc(C(=O)O)cc2)cc1C(F)(F)F. The van der Waals surface area contributed by atoms with Crippen LogP contribution in [0.1, 0.15) is 61.5 Å². The van der Waals surface area contributed by atoms with Gasteiger partial charge in [-0.1, -0.05) is 45.7 Å². The first-order chi connectivity index (χ1) is 17.0. The Hall–Kier alpha value is -3.07. The summed E-state index contributed by atoms with van der Waals surface area (Å²) in [5.41, 5.74) is -0.702. The second-order valence-corrected chi connectivity index (χ2v) is 9.62. The zero-order valence-corrected chi connectivity index (χ0v) is 20.6. The predicted molar refractivity (Wildman–Crippen MR) is 129 cm³/mol. The third-order valence-corrected chi connectivity index (χ3v) is 6.61. The fourth-order valence-corrected chi connectivity index (χ4v) is 4.91. The molecule has 0 bridgehead atoms. The van der Waals surface area contributed by atoms with Gasteiger partial charge in [-0.25, -0.2) is 4.79 Å². The molecule has 1 aliphatic carbocycles. The molecule has 2 aromatic carbocycles. The van der Waals surface area contributed by atoms with Crippen molar-refractivity contribution in [1.29, 1.82) is 0 Å². The van der Waals surface area contributed by atoms with Crippen LogP contribution in [0.25, 0.3) is 0 Å². The Morgan fingerprint density at radius 2 is 1.81 bits per heavy atom. The monoisotopic (exact) mass is 507 g/mol. The number of ether oxygens (including phenoxy) is 2. The van der Waals surface area contributed by atoms with Crippen molar-refractivity contribution < 1.29 is 37.3 Å². The highest BCUT2D eigenvalue weighted by Gasteiger charge is 2.36. The Bertz CT molecular complexity index is 1050. The molecule has 2 N–H and O–H groups in total. The van der Waals surface area contributed by atoms with Gasteiger partial charge in [0, 0.05) is 0 Å². The molecule has 0 heterocycles. The third kappa shape index (κ3) is 7.22. The molecule has 0 saturated heterocycles. The van der Waals surface area contributed by atoms with Crippen LogP contribution in [-0.2, 0) is 22.3 Å². The van der Waals surface area contributed by atoms with Crippen molar-refractivity contribution in [2.75, 3.05) is 11.9 Å². The third-order valence-electron chi connectivity index (χ3n) is 6.61. The number of hydrogen-bond acceptors (Lipinski definition) is 4. The van der Waals surface area contributed by atoms with Gasteiger partial charge in [-0.3, -0.25) is 4.79 Å². The number of carbonyl (C=O) groups is 2. The quantitative estimate of drug-likeness (QED) is 0.410. The van der Waals surface area contributed by atoms with E-state index in [1.165, 1.54) is 30.3 Å². The van der Waals surface area contributed by atoms with Gasteiger partial charge in [0.15, 0.2) is 0 Å². The smallest absolute Gasteiger partial charge is 0.418 e. The van der Waals surface area contributed by atoms with Crippen LogP contribution in [0.2, 0.25) is 0 Å². The molecule has 9 heteroatoms. The lowest BCUT2D eigenvalue weighted by atomic mass is 9.72. The normalized spacial score (nSPS) is 20.2. The second-order valence-electron chi connectivity index (χ2n) is 9.62. The van der Waals surface area contributed by atoms with E-state index in [4.69, 9.17) is 14.6 Å². The van der Waals surface area contributed by atoms with Crippen molar-refractivity contribution in [2.45, 2.75) is 58.9 Å². The Balaban J connectivity index is 1.64. The maximum Gasteiger partial charge on any atom is 0.418 e. The van der Waals surface area contributed by atoms with Crippen molar-refractivity contribution in [3.05, 3.63) is 59.2 Å². The van der Waals surface area contributed by atoms with Crippen LogP contribution < -0.4 is 10.1 Å². The van der Waals surface area contributed by atoms with Gasteiger partial charge in [0.25, 0.3) is 0 Å². The maximum absolute atomic E-state index is 13.7. The van der Waals surface area contributed by atoms with Gasteiger partial charge in [0.2, 0.25) is 5.91 Å². The Morgan fingerprint density at radius 3 is 2.42 bits per heavy atom. The lowest BCUT2D eigenvalue weighted by Crippen LogP contribution is -2.38. The van der Waals surface area contributed by atoms with E-state index in [-0.39, 0.29) is 36.3 Å². The summed E-state index contributed by atoms with van der Waals surface area (Å²) in [6, 6.07) is 9.16. The van der Waals surface area contributed by atoms with Crippen molar-refractivity contribution in [3.8, 4) is 5.75 Å². The highest BCUT2D eigenvalue weighted by molar-refractivity contribution is 5.92. The summed E-state index contributed by atoms with van der Waals surface area (Å²) in [7, 11) is 0. The average Bonchev–Trinajstić information content (AvgIpc) is 2.81. The van der Waals surface area contributed by atoms with Crippen LogP contribution in [0.5, 0.6) is 5.75 Å². The van der Waals surface area contributed by atoms with Gasteiger partial charge >= 0.3 is 12.1 Å². The molecule has 3 atom stereocenters. The van der Waals surface area contributed by atoms with Crippen LogP contribution in [0.4, 0.5) is 18.9 Å². The number of halogens is 3. The Kier molecular flexibility index (Phi) is 9.00. The first-order valence-electron chi connectivity index (χ1n) is 12.0. The predicted octanol–water partition coefficient (Wildman–Crippen LogP) is 6.40. The van der Waals surface area contributed by atoms with E-state index >= 15 is 0 Å². The number of carboxylic acid groups (broad SMARTS) is 1. The first-order valence-corrected chi connectivity index (χ1v) is 12.0. The number of aromatic carboxylic acids is 1. The number of rotatable bonds is 9. The van der Waals surface area contributed by atoms with E-state index < -0.39 is 23.6 Å². The minimum atomic E-state index is -4.71. The molecule has 0 spiro atoms. The summed E-state index contributed by atoms with van der Waals surface area (Å²) in [5, 5.41) is 11.3. The van der Waals surface area contributed by atoms with E-state index in [1.807, 2.05) is 0 Å². The van der Waals surface area contributed by atoms with E-state index in [2.05, 4.69) is 26.1 Å². The van der Waals surface area contributed by atoms with E-state index in [0.717, 1.165) is 31.4 Å². The number of carbonyl (C=O) groups excluding carboxylic acids is 1. The lowest BCUT2D eigenvalue weighted by Gasteiger charge is -2.38. The zero-order chi connectivity index (χ0) is 26.5. The van der Waals surface area contributed by atoms with Gasteiger partial charge in [0.05, 0.1) is 22.9 Å². The molecule has 6 nitrogen and oxygen atoms in total. The molecule has 3 unspecified atom stereocenters. The van der Waals surface area contributed by atoms with Crippen LogP contribution in [0, 0.1) is 17.8 Å². The van der Waals surface area contributed by atoms with Crippen molar-refractivity contribution >= 4 is 17.6 Å². The largest absolute Gasteiger partial charge is 0.489 e. The number of alkyl halides is 3. The molecule has 1 fully saturated rings. The standard InChI is InChI=1S/C27H32F3NO5/c1-16(2)25-17(3)5-4-6-23(25)36-15-24(32)31-22-12-11-20(13-21(22)27(28,29)30)35-14-18-7-9-19(10-8-18)26(33)34/h7-13,16-17,23,25H,4-6,14-15H2,1-3H3,(H,31,32)(H,33,34). The van der Waals surface area contributed by atoms with Gasteiger partial charge in [-0.2, -0.15) is 13.2 Å². The topological polar surface area (TPSA) is 84.9 Å². The van der Waals surface area contributed by atoms with Crippen molar-refractivity contribution in [2.24, 2.45) is 17.8 Å². The van der Waals surface area contributed by atoms with E-state index in [0.29, 0.717) is 23.3 Å². The fraction of sp³-hybridized carbons (Fsp3) is 0.481. The molecule has 2 aromatic rings. The summed E-state index contributed by atoms with van der Waals surface area (Å²) in [6.45, 7) is 6.04.